The molecular formula is C11H13F5N2O. The highest BCUT2D eigenvalue weighted by Crippen LogP contribution is 2.29. The lowest BCUT2D eigenvalue weighted by Gasteiger charge is -2.25. The van der Waals surface area contributed by atoms with Crippen molar-refractivity contribution in [1.29, 1.82) is 0 Å². The van der Waals surface area contributed by atoms with Gasteiger partial charge in [-0.3, -0.25) is 0 Å². The minimum atomic E-state index is -4.46. The molecule has 0 aliphatic rings. The number of hydrogen-bond donors (Lipinski definition) is 1. The van der Waals surface area contributed by atoms with Crippen LogP contribution in [0.15, 0.2) is 18.3 Å². The Morgan fingerprint density at radius 3 is 2.37 bits per heavy atom. The van der Waals surface area contributed by atoms with Gasteiger partial charge in [0.2, 0.25) is 0 Å². The van der Waals surface area contributed by atoms with E-state index < -0.39 is 24.7 Å². The molecule has 0 fully saturated rings. The van der Waals surface area contributed by atoms with E-state index in [9.17, 15) is 22.0 Å². The summed E-state index contributed by atoms with van der Waals surface area (Å²) in [4.78, 5) is 3.65. The Hall–Kier alpha value is -1.60. The molecular weight excluding hydrogens is 271 g/mol. The van der Waals surface area contributed by atoms with Crippen molar-refractivity contribution in [3.05, 3.63) is 18.3 Å². The Morgan fingerprint density at radius 2 is 1.89 bits per heavy atom. The van der Waals surface area contributed by atoms with Gasteiger partial charge in [-0.1, -0.05) is 13.8 Å². The molecule has 0 bridgehead atoms. The van der Waals surface area contributed by atoms with E-state index in [2.05, 4.69) is 15.0 Å². The van der Waals surface area contributed by atoms with Crippen molar-refractivity contribution in [2.24, 2.45) is 5.92 Å². The molecule has 0 aromatic carbocycles. The number of alkyl halides is 5. The first kappa shape index (κ1) is 15.5. The fourth-order valence-corrected chi connectivity index (χ4v) is 1.45. The summed E-state index contributed by atoms with van der Waals surface area (Å²) in [7, 11) is 0. The summed E-state index contributed by atoms with van der Waals surface area (Å²) < 4.78 is 66.2. The van der Waals surface area contributed by atoms with E-state index in [-0.39, 0.29) is 11.6 Å². The van der Waals surface area contributed by atoms with Crippen molar-refractivity contribution >= 4 is 5.82 Å². The standard InChI is InChI=1S/C11H13F5N2O/c1-6(2)9(11(14,15)16)18-8-5-7(3-4-17-8)19-10(12)13/h3-6,9-10H,1-2H3,(H,17,18)/t9-/m0/s1. The minimum absolute atomic E-state index is 0.172. The van der Waals surface area contributed by atoms with Crippen molar-refractivity contribution in [2.75, 3.05) is 5.32 Å². The Labute approximate surface area is 106 Å². The highest BCUT2D eigenvalue weighted by atomic mass is 19.4. The van der Waals surface area contributed by atoms with Crippen LogP contribution in [0.2, 0.25) is 0 Å². The van der Waals surface area contributed by atoms with Crippen molar-refractivity contribution in [3.63, 3.8) is 0 Å². The van der Waals surface area contributed by atoms with Gasteiger partial charge in [-0.05, 0) is 12.0 Å². The van der Waals surface area contributed by atoms with Crippen LogP contribution in [0.4, 0.5) is 27.8 Å². The van der Waals surface area contributed by atoms with Gasteiger partial charge in [0, 0.05) is 12.3 Å². The fourth-order valence-electron chi connectivity index (χ4n) is 1.45. The molecule has 0 aliphatic carbocycles. The predicted octanol–water partition coefficient (Wildman–Crippen LogP) is 3.68. The van der Waals surface area contributed by atoms with Crippen LogP contribution < -0.4 is 10.1 Å². The number of pyridine rings is 1. The summed E-state index contributed by atoms with van der Waals surface area (Å²) in [5.74, 6) is -1.16. The Kier molecular flexibility index (Phi) is 4.90. The molecule has 0 spiro atoms. The molecule has 3 nitrogen and oxygen atoms in total. The van der Waals surface area contributed by atoms with Crippen LogP contribution in [-0.4, -0.2) is 23.8 Å². The lowest BCUT2D eigenvalue weighted by atomic mass is 10.0. The summed E-state index contributed by atoms with van der Waals surface area (Å²) in [5.41, 5.74) is 0. The number of nitrogens with one attached hydrogen (secondary N) is 1. The number of halogens is 5. The second-order valence-corrected chi connectivity index (χ2v) is 4.16. The van der Waals surface area contributed by atoms with Crippen LogP contribution in [-0.2, 0) is 0 Å². The van der Waals surface area contributed by atoms with E-state index in [1.807, 2.05) is 0 Å². The first-order valence-electron chi connectivity index (χ1n) is 5.44. The Bertz CT molecular complexity index is 408. The van der Waals surface area contributed by atoms with Crippen LogP contribution in [0.3, 0.4) is 0 Å². The van der Waals surface area contributed by atoms with Gasteiger partial charge in [0.05, 0.1) is 0 Å². The van der Waals surface area contributed by atoms with E-state index in [1.165, 1.54) is 13.8 Å². The highest BCUT2D eigenvalue weighted by molar-refractivity contribution is 5.41. The molecule has 19 heavy (non-hydrogen) atoms. The van der Waals surface area contributed by atoms with Crippen molar-refractivity contribution < 1.29 is 26.7 Å². The number of aromatic nitrogens is 1. The lowest BCUT2D eigenvalue weighted by Crippen LogP contribution is -2.40. The Morgan fingerprint density at radius 1 is 1.26 bits per heavy atom. The first-order chi connectivity index (χ1) is 8.70. The van der Waals surface area contributed by atoms with Crippen LogP contribution in [0.25, 0.3) is 0 Å². The molecule has 1 aromatic heterocycles. The summed E-state index contributed by atoms with van der Waals surface area (Å²) in [5, 5.41) is 2.17. The van der Waals surface area contributed by atoms with E-state index in [0.29, 0.717) is 0 Å². The van der Waals surface area contributed by atoms with Gasteiger partial charge in [-0.25, -0.2) is 4.98 Å². The summed E-state index contributed by atoms with van der Waals surface area (Å²) in [6, 6.07) is 0.310. The van der Waals surface area contributed by atoms with E-state index >= 15 is 0 Å². The molecule has 8 heteroatoms. The average Bonchev–Trinajstić information content (AvgIpc) is 2.23. The summed E-state index contributed by atoms with van der Waals surface area (Å²) in [6.07, 6.45) is -3.37. The summed E-state index contributed by atoms with van der Waals surface area (Å²) >= 11 is 0. The molecule has 1 heterocycles. The van der Waals surface area contributed by atoms with Crippen molar-refractivity contribution in [2.45, 2.75) is 32.7 Å². The molecule has 1 N–H and O–H groups in total. The number of rotatable bonds is 5. The second kappa shape index (κ2) is 6.03. The number of hydrogen-bond acceptors (Lipinski definition) is 3. The van der Waals surface area contributed by atoms with Crippen molar-refractivity contribution in [3.8, 4) is 5.75 Å². The number of nitrogens with zero attached hydrogens (tertiary/aromatic N) is 1. The van der Waals surface area contributed by atoms with Gasteiger partial charge < -0.3 is 10.1 Å². The molecule has 0 saturated carbocycles. The van der Waals surface area contributed by atoms with Gasteiger partial charge in [-0.2, -0.15) is 22.0 Å². The largest absolute Gasteiger partial charge is 0.435 e. The van der Waals surface area contributed by atoms with Gasteiger partial charge >= 0.3 is 12.8 Å². The average molecular weight is 284 g/mol. The van der Waals surface area contributed by atoms with Gasteiger partial charge in [-0.15, -0.1) is 0 Å². The number of ether oxygens (including phenoxy) is 1. The maximum atomic E-state index is 12.7. The van der Waals surface area contributed by atoms with Crippen LogP contribution in [0, 0.1) is 5.92 Å². The monoisotopic (exact) mass is 284 g/mol. The molecule has 1 atom stereocenters. The third-order valence-corrected chi connectivity index (χ3v) is 2.28. The maximum absolute atomic E-state index is 12.7. The molecule has 0 unspecified atom stereocenters. The Balaban J connectivity index is 2.85. The quantitative estimate of drug-likeness (QED) is 0.837. The van der Waals surface area contributed by atoms with Gasteiger partial charge in [0.15, 0.2) is 0 Å². The van der Waals surface area contributed by atoms with Gasteiger partial charge in [0.1, 0.15) is 17.6 Å². The smallest absolute Gasteiger partial charge is 0.408 e. The van der Waals surface area contributed by atoms with E-state index in [4.69, 9.17) is 0 Å². The van der Waals surface area contributed by atoms with Crippen LogP contribution >= 0.6 is 0 Å². The predicted molar refractivity (Wildman–Crippen MR) is 59.2 cm³/mol. The zero-order chi connectivity index (χ0) is 14.6. The number of anilines is 1. The molecule has 0 radical (unpaired) electrons. The third-order valence-electron chi connectivity index (χ3n) is 2.28. The SMILES string of the molecule is CC(C)[C@H](Nc1cc(OC(F)F)ccn1)C(F)(F)F. The van der Waals surface area contributed by atoms with Crippen LogP contribution in [0.5, 0.6) is 5.75 Å². The first-order valence-corrected chi connectivity index (χ1v) is 5.44. The van der Waals surface area contributed by atoms with Crippen LogP contribution in [0.1, 0.15) is 13.8 Å². The lowest BCUT2D eigenvalue weighted by molar-refractivity contribution is -0.150. The molecule has 0 amide bonds. The van der Waals surface area contributed by atoms with E-state index in [0.717, 1.165) is 18.3 Å². The maximum Gasteiger partial charge on any atom is 0.408 e. The van der Waals surface area contributed by atoms with Crippen molar-refractivity contribution in [1.82, 2.24) is 4.98 Å². The fraction of sp³-hybridized carbons (Fsp3) is 0.545. The van der Waals surface area contributed by atoms with Gasteiger partial charge in [0.25, 0.3) is 0 Å². The topological polar surface area (TPSA) is 34.1 Å². The zero-order valence-corrected chi connectivity index (χ0v) is 10.2. The highest BCUT2D eigenvalue weighted by Gasteiger charge is 2.41. The molecule has 0 saturated heterocycles. The van der Waals surface area contributed by atoms with E-state index in [1.54, 1.807) is 0 Å². The molecule has 0 aliphatic heterocycles. The molecule has 108 valence electrons. The molecule has 1 rings (SSSR count). The summed E-state index contributed by atoms with van der Waals surface area (Å²) in [6.45, 7) is -0.256. The minimum Gasteiger partial charge on any atom is -0.435 e. The second-order valence-electron chi connectivity index (χ2n) is 4.16. The molecule has 1 aromatic rings. The third kappa shape index (κ3) is 4.88. The zero-order valence-electron chi connectivity index (χ0n) is 10.2. The normalized spacial score (nSPS) is 13.7.